The highest BCUT2D eigenvalue weighted by Gasteiger charge is 2.36. The van der Waals surface area contributed by atoms with Crippen LogP contribution in [-0.2, 0) is 4.74 Å². The molecule has 0 radical (unpaired) electrons. The predicted octanol–water partition coefficient (Wildman–Crippen LogP) is 4.30. The first-order chi connectivity index (χ1) is 10.7. The van der Waals surface area contributed by atoms with Crippen molar-refractivity contribution in [3.05, 3.63) is 34.6 Å². The highest BCUT2D eigenvalue weighted by molar-refractivity contribution is 6.30. The number of amides is 1. The lowest BCUT2D eigenvalue weighted by Gasteiger charge is -2.39. The molecule has 1 aliphatic heterocycles. The van der Waals surface area contributed by atoms with E-state index in [1.807, 2.05) is 0 Å². The average molecular weight is 344 g/mol. The number of likely N-dealkylation sites (tertiary alicyclic amines) is 1. The first kappa shape index (κ1) is 18.0. The average Bonchev–Trinajstić information content (AvgIpc) is 2.47. The number of hydrogen-bond acceptors (Lipinski definition) is 3. The Morgan fingerprint density at radius 2 is 2.13 bits per heavy atom. The molecule has 1 aromatic carbocycles. The van der Waals surface area contributed by atoms with Gasteiger partial charge in [0.1, 0.15) is 17.5 Å². The fraction of sp³-hybridized carbons (Fsp3) is 0.588. The SMILES string of the molecule is CC(C)(C)OC(=O)N1CCCC[C@@H]1[C@H](O)c1cccc(Cl)c1F. The Bertz CT molecular complexity index is 573. The maximum Gasteiger partial charge on any atom is 0.410 e. The normalized spacial score (nSPS) is 20.3. The molecule has 0 bridgehead atoms. The Labute approximate surface area is 141 Å². The van der Waals surface area contributed by atoms with Crippen molar-refractivity contribution in [1.82, 2.24) is 4.90 Å². The number of benzene rings is 1. The molecule has 6 heteroatoms. The second-order valence-electron chi connectivity index (χ2n) is 6.82. The summed E-state index contributed by atoms with van der Waals surface area (Å²) >= 11 is 5.79. The van der Waals surface area contributed by atoms with Gasteiger partial charge in [0, 0.05) is 12.1 Å². The van der Waals surface area contributed by atoms with Crippen LogP contribution in [0.2, 0.25) is 5.02 Å². The van der Waals surface area contributed by atoms with E-state index in [0.717, 1.165) is 12.8 Å². The molecule has 0 aliphatic carbocycles. The lowest BCUT2D eigenvalue weighted by molar-refractivity contribution is -0.0176. The first-order valence-corrected chi connectivity index (χ1v) is 8.20. The Balaban J connectivity index is 2.23. The third-order valence-corrected chi connectivity index (χ3v) is 4.13. The smallest absolute Gasteiger partial charge is 0.410 e. The number of carbonyl (C=O) groups is 1. The Hall–Kier alpha value is -1.33. The van der Waals surface area contributed by atoms with Gasteiger partial charge in [-0.05, 0) is 46.1 Å². The quantitative estimate of drug-likeness (QED) is 0.870. The minimum Gasteiger partial charge on any atom is -0.444 e. The minimum atomic E-state index is -1.14. The summed E-state index contributed by atoms with van der Waals surface area (Å²) in [5.41, 5.74) is -0.510. The Kier molecular flexibility index (Phi) is 5.53. The number of nitrogens with zero attached hydrogens (tertiary/aromatic N) is 1. The molecule has 1 aromatic rings. The second-order valence-corrected chi connectivity index (χ2v) is 7.23. The summed E-state index contributed by atoms with van der Waals surface area (Å²) in [6.07, 6.45) is 0.668. The summed E-state index contributed by atoms with van der Waals surface area (Å²) < 4.78 is 19.6. The number of ether oxygens (including phenoxy) is 1. The molecule has 1 heterocycles. The van der Waals surface area contributed by atoms with Crippen molar-refractivity contribution in [2.75, 3.05) is 6.54 Å². The number of aliphatic hydroxyl groups excluding tert-OH is 1. The molecule has 128 valence electrons. The Morgan fingerprint density at radius 1 is 1.43 bits per heavy atom. The summed E-state index contributed by atoms with van der Waals surface area (Å²) in [5, 5.41) is 10.6. The van der Waals surface area contributed by atoms with Crippen LogP contribution in [0.25, 0.3) is 0 Å². The van der Waals surface area contributed by atoms with E-state index in [-0.39, 0.29) is 10.6 Å². The van der Waals surface area contributed by atoms with Gasteiger partial charge in [0.05, 0.1) is 11.1 Å². The van der Waals surface area contributed by atoms with Crippen LogP contribution in [-0.4, -0.2) is 34.3 Å². The maximum absolute atomic E-state index is 14.2. The van der Waals surface area contributed by atoms with Crippen LogP contribution in [0.5, 0.6) is 0 Å². The molecule has 2 atom stereocenters. The molecule has 0 saturated carbocycles. The van der Waals surface area contributed by atoms with Crippen LogP contribution in [0.3, 0.4) is 0 Å². The summed E-state index contributed by atoms with van der Waals surface area (Å²) in [4.78, 5) is 13.9. The molecular weight excluding hydrogens is 321 g/mol. The minimum absolute atomic E-state index is 0.0406. The summed E-state index contributed by atoms with van der Waals surface area (Å²) in [7, 11) is 0. The molecule has 1 saturated heterocycles. The maximum atomic E-state index is 14.2. The van der Waals surface area contributed by atoms with Crippen LogP contribution in [0.1, 0.15) is 51.7 Å². The molecule has 1 fully saturated rings. The summed E-state index contributed by atoms with van der Waals surface area (Å²) in [6, 6.07) is 3.99. The van der Waals surface area contributed by atoms with Crippen molar-refractivity contribution in [1.29, 1.82) is 0 Å². The van der Waals surface area contributed by atoms with E-state index in [4.69, 9.17) is 16.3 Å². The predicted molar refractivity (Wildman–Crippen MR) is 86.9 cm³/mol. The number of piperidine rings is 1. The lowest BCUT2D eigenvalue weighted by atomic mass is 9.93. The van der Waals surface area contributed by atoms with Gasteiger partial charge in [-0.1, -0.05) is 23.7 Å². The zero-order chi connectivity index (χ0) is 17.2. The number of halogens is 2. The molecule has 23 heavy (non-hydrogen) atoms. The summed E-state index contributed by atoms with van der Waals surface area (Å²) in [6.45, 7) is 5.85. The van der Waals surface area contributed by atoms with E-state index < -0.39 is 29.7 Å². The van der Waals surface area contributed by atoms with Crippen LogP contribution < -0.4 is 0 Å². The van der Waals surface area contributed by atoms with Crippen LogP contribution >= 0.6 is 11.6 Å². The van der Waals surface area contributed by atoms with Crippen molar-refractivity contribution >= 4 is 17.7 Å². The molecule has 0 unspecified atom stereocenters. The monoisotopic (exact) mass is 343 g/mol. The standard InChI is InChI=1S/C17H23ClFNO3/c1-17(2,3)23-16(22)20-10-5-4-9-13(20)15(21)11-7-6-8-12(18)14(11)19/h6-8,13,15,21H,4-5,9-10H2,1-3H3/t13-,15-/m1/s1. The molecular formula is C17H23ClFNO3. The number of carbonyl (C=O) groups excluding carboxylic acids is 1. The fourth-order valence-corrected chi connectivity index (χ4v) is 2.97. The van der Waals surface area contributed by atoms with E-state index in [9.17, 15) is 14.3 Å². The molecule has 1 N–H and O–H groups in total. The van der Waals surface area contributed by atoms with Crippen molar-refractivity contribution in [3.8, 4) is 0 Å². The van der Waals surface area contributed by atoms with Gasteiger partial charge in [-0.15, -0.1) is 0 Å². The first-order valence-electron chi connectivity index (χ1n) is 7.82. The largest absolute Gasteiger partial charge is 0.444 e. The Morgan fingerprint density at radius 3 is 2.78 bits per heavy atom. The van der Waals surface area contributed by atoms with Crippen LogP contribution in [0.15, 0.2) is 18.2 Å². The second kappa shape index (κ2) is 7.05. The highest BCUT2D eigenvalue weighted by atomic mass is 35.5. The number of hydrogen-bond donors (Lipinski definition) is 1. The van der Waals surface area contributed by atoms with E-state index in [1.54, 1.807) is 26.8 Å². The zero-order valence-corrected chi connectivity index (χ0v) is 14.4. The van der Waals surface area contributed by atoms with Crippen molar-refractivity contribution < 1.29 is 19.0 Å². The van der Waals surface area contributed by atoms with Gasteiger partial charge in [-0.3, -0.25) is 0 Å². The van der Waals surface area contributed by atoms with Crippen molar-refractivity contribution in [2.24, 2.45) is 0 Å². The van der Waals surface area contributed by atoms with Gasteiger partial charge in [-0.2, -0.15) is 0 Å². The van der Waals surface area contributed by atoms with Gasteiger partial charge in [0.2, 0.25) is 0 Å². The molecule has 0 aromatic heterocycles. The van der Waals surface area contributed by atoms with E-state index >= 15 is 0 Å². The third kappa shape index (κ3) is 4.36. The van der Waals surface area contributed by atoms with Gasteiger partial charge in [0.15, 0.2) is 0 Å². The van der Waals surface area contributed by atoms with E-state index in [2.05, 4.69) is 0 Å². The van der Waals surface area contributed by atoms with E-state index in [1.165, 1.54) is 17.0 Å². The van der Waals surface area contributed by atoms with Crippen molar-refractivity contribution in [3.63, 3.8) is 0 Å². The van der Waals surface area contributed by atoms with Gasteiger partial charge in [0.25, 0.3) is 0 Å². The highest BCUT2D eigenvalue weighted by Crippen LogP contribution is 2.32. The van der Waals surface area contributed by atoms with Crippen molar-refractivity contribution in [2.45, 2.75) is 57.8 Å². The molecule has 0 spiro atoms. The third-order valence-electron chi connectivity index (χ3n) is 3.84. The van der Waals surface area contributed by atoms with Crippen LogP contribution in [0, 0.1) is 5.82 Å². The van der Waals surface area contributed by atoms with Crippen LogP contribution in [0.4, 0.5) is 9.18 Å². The van der Waals surface area contributed by atoms with Gasteiger partial charge >= 0.3 is 6.09 Å². The fourth-order valence-electron chi connectivity index (χ4n) is 2.79. The molecule has 1 aliphatic rings. The van der Waals surface area contributed by atoms with E-state index in [0.29, 0.717) is 13.0 Å². The number of aliphatic hydroxyl groups is 1. The van der Waals surface area contributed by atoms with Gasteiger partial charge in [-0.25, -0.2) is 9.18 Å². The molecule has 2 rings (SSSR count). The molecule has 4 nitrogen and oxygen atoms in total. The zero-order valence-electron chi connectivity index (χ0n) is 13.7. The van der Waals surface area contributed by atoms with Gasteiger partial charge < -0.3 is 14.7 Å². The lowest BCUT2D eigenvalue weighted by Crippen LogP contribution is -2.48. The topological polar surface area (TPSA) is 49.8 Å². The number of rotatable bonds is 2. The molecule has 1 amide bonds. The summed E-state index contributed by atoms with van der Waals surface area (Å²) in [5.74, 6) is -0.642.